The lowest BCUT2D eigenvalue weighted by molar-refractivity contribution is -0.114. The maximum absolute atomic E-state index is 13.2. The summed E-state index contributed by atoms with van der Waals surface area (Å²) >= 11 is 6.73. The topological polar surface area (TPSA) is 86.1 Å². The van der Waals surface area contributed by atoms with Crippen LogP contribution in [-0.2, 0) is 9.53 Å². The van der Waals surface area contributed by atoms with Crippen LogP contribution >= 0.6 is 22.9 Å². The molecule has 0 aliphatic carbocycles. The molecule has 0 bridgehead atoms. The Balaban J connectivity index is 2.00. The van der Waals surface area contributed by atoms with E-state index in [1.165, 1.54) is 16.8 Å². The highest BCUT2D eigenvalue weighted by molar-refractivity contribution is 7.12. The van der Waals surface area contributed by atoms with Crippen LogP contribution in [0.1, 0.15) is 17.4 Å². The van der Waals surface area contributed by atoms with Gasteiger partial charge in [-0.2, -0.15) is 9.78 Å². The second-order valence-corrected chi connectivity index (χ2v) is 6.35. The van der Waals surface area contributed by atoms with E-state index in [1.54, 1.807) is 30.5 Å². The summed E-state index contributed by atoms with van der Waals surface area (Å²) in [6.07, 6.45) is 0. The van der Waals surface area contributed by atoms with Gasteiger partial charge in [-0.05, 0) is 31.2 Å². The SMILES string of the molecule is CCOC(=O)c1csc(-n2nc(-c3ccc(F)cc3)cc2NC(=O)CCl)n1. The van der Waals surface area contributed by atoms with Crippen molar-refractivity contribution in [2.24, 2.45) is 0 Å². The molecule has 10 heteroatoms. The number of ether oxygens (including phenoxy) is 1. The number of nitrogens with one attached hydrogen (secondary N) is 1. The number of alkyl halides is 1. The van der Waals surface area contributed by atoms with E-state index in [2.05, 4.69) is 15.4 Å². The number of carbonyl (C=O) groups is 2. The van der Waals surface area contributed by atoms with Crippen LogP contribution in [0.2, 0.25) is 0 Å². The maximum atomic E-state index is 13.2. The number of thiazole rings is 1. The van der Waals surface area contributed by atoms with E-state index in [0.29, 0.717) is 22.2 Å². The fourth-order valence-corrected chi connectivity index (χ4v) is 3.04. The van der Waals surface area contributed by atoms with Gasteiger partial charge in [-0.3, -0.25) is 4.79 Å². The van der Waals surface area contributed by atoms with Crippen LogP contribution in [0.3, 0.4) is 0 Å². The van der Waals surface area contributed by atoms with E-state index in [4.69, 9.17) is 16.3 Å². The molecule has 1 N–H and O–H groups in total. The second-order valence-electron chi connectivity index (χ2n) is 5.25. The molecule has 0 saturated carbocycles. The largest absolute Gasteiger partial charge is 0.461 e. The molecule has 7 nitrogen and oxygen atoms in total. The van der Waals surface area contributed by atoms with Crippen LogP contribution in [0.5, 0.6) is 0 Å². The van der Waals surface area contributed by atoms with Crippen molar-refractivity contribution < 1.29 is 18.7 Å². The molecule has 0 unspecified atom stereocenters. The first kappa shape index (κ1) is 19.0. The number of carbonyl (C=O) groups excluding carboxylic acids is 2. The van der Waals surface area contributed by atoms with Crippen molar-refractivity contribution in [2.75, 3.05) is 17.8 Å². The van der Waals surface area contributed by atoms with Crippen LogP contribution in [-0.4, -0.2) is 39.1 Å². The number of hydrogen-bond donors (Lipinski definition) is 1. The van der Waals surface area contributed by atoms with E-state index in [9.17, 15) is 14.0 Å². The zero-order valence-corrected chi connectivity index (χ0v) is 15.7. The number of halogens is 2. The third-order valence-electron chi connectivity index (χ3n) is 3.40. The van der Waals surface area contributed by atoms with Gasteiger partial charge in [-0.15, -0.1) is 22.9 Å². The molecule has 3 rings (SSSR count). The Kier molecular flexibility index (Phi) is 5.82. The standard InChI is InChI=1S/C17H14ClFN4O3S/c1-2-26-16(25)13-9-27-17(20-13)23-14(21-15(24)8-18)7-12(22-23)10-3-5-11(19)6-4-10/h3-7,9H,2,8H2,1H3,(H,21,24). The zero-order chi connectivity index (χ0) is 19.4. The van der Waals surface area contributed by atoms with Gasteiger partial charge in [-0.25, -0.2) is 14.2 Å². The normalized spacial score (nSPS) is 10.6. The minimum absolute atomic E-state index is 0.144. The molecule has 0 aliphatic heterocycles. The number of esters is 1. The minimum Gasteiger partial charge on any atom is -0.461 e. The van der Waals surface area contributed by atoms with Gasteiger partial charge >= 0.3 is 5.97 Å². The fourth-order valence-electron chi connectivity index (χ4n) is 2.21. The van der Waals surface area contributed by atoms with Gasteiger partial charge in [0.05, 0.1) is 12.3 Å². The number of anilines is 1. The molecule has 1 amide bonds. The molecule has 1 aromatic carbocycles. The Labute approximate surface area is 162 Å². The van der Waals surface area contributed by atoms with Crippen molar-refractivity contribution in [3.63, 3.8) is 0 Å². The predicted molar refractivity (Wildman–Crippen MR) is 99.9 cm³/mol. The first-order valence-electron chi connectivity index (χ1n) is 7.86. The average Bonchev–Trinajstić information content (AvgIpc) is 3.29. The molecule has 0 aliphatic rings. The van der Waals surface area contributed by atoms with Crippen molar-refractivity contribution >= 4 is 40.6 Å². The van der Waals surface area contributed by atoms with E-state index in [1.807, 2.05) is 0 Å². The Morgan fingerprint density at radius 3 is 2.74 bits per heavy atom. The molecule has 140 valence electrons. The summed E-state index contributed by atoms with van der Waals surface area (Å²) in [5, 5.41) is 8.95. The zero-order valence-electron chi connectivity index (χ0n) is 14.1. The van der Waals surface area contributed by atoms with Gasteiger partial charge in [0.2, 0.25) is 11.0 Å². The van der Waals surface area contributed by atoms with Crippen LogP contribution in [0.4, 0.5) is 10.2 Å². The number of hydrogen-bond acceptors (Lipinski definition) is 6. The maximum Gasteiger partial charge on any atom is 0.357 e. The number of aromatic nitrogens is 3. The Morgan fingerprint density at radius 2 is 2.07 bits per heavy atom. The van der Waals surface area contributed by atoms with Gasteiger partial charge < -0.3 is 10.1 Å². The lowest BCUT2D eigenvalue weighted by Gasteiger charge is -2.04. The summed E-state index contributed by atoms with van der Waals surface area (Å²) in [4.78, 5) is 27.8. The van der Waals surface area contributed by atoms with Crippen LogP contribution < -0.4 is 5.32 Å². The van der Waals surface area contributed by atoms with Crippen molar-refractivity contribution in [1.29, 1.82) is 0 Å². The molecule has 27 heavy (non-hydrogen) atoms. The van der Waals surface area contributed by atoms with Crippen molar-refractivity contribution in [2.45, 2.75) is 6.92 Å². The second kappa shape index (κ2) is 8.28. The highest BCUT2D eigenvalue weighted by Crippen LogP contribution is 2.26. The number of rotatable bonds is 6. The molecule has 0 saturated heterocycles. The van der Waals surface area contributed by atoms with Crippen molar-refractivity contribution in [3.05, 3.63) is 47.2 Å². The number of amides is 1. The Bertz CT molecular complexity index is 971. The summed E-state index contributed by atoms with van der Waals surface area (Å²) in [6, 6.07) is 7.38. The molecule has 0 fully saturated rings. The van der Waals surface area contributed by atoms with Crippen molar-refractivity contribution in [3.8, 4) is 16.4 Å². The highest BCUT2D eigenvalue weighted by atomic mass is 35.5. The average molecular weight is 409 g/mol. The van der Waals surface area contributed by atoms with E-state index in [-0.39, 0.29) is 24.0 Å². The molecule has 3 aromatic rings. The van der Waals surface area contributed by atoms with E-state index in [0.717, 1.165) is 11.3 Å². The van der Waals surface area contributed by atoms with E-state index < -0.39 is 11.9 Å². The molecule has 0 atom stereocenters. The summed E-state index contributed by atoms with van der Waals surface area (Å²) in [5.74, 6) is -1.25. The minimum atomic E-state index is -0.544. The van der Waals surface area contributed by atoms with Crippen LogP contribution in [0.25, 0.3) is 16.4 Å². The van der Waals surface area contributed by atoms with Crippen LogP contribution in [0.15, 0.2) is 35.7 Å². The Hall–Kier alpha value is -2.78. The van der Waals surface area contributed by atoms with Crippen molar-refractivity contribution in [1.82, 2.24) is 14.8 Å². The smallest absolute Gasteiger partial charge is 0.357 e. The highest BCUT2D eigenvalue weighted by Gasteiger charge is 2.18. The lowest BCUT2D eigenvalue weighted by atomic mass is 10.1. The van der Waals surface area contributed by atoms with Gasteiger partial charge in [-0.1, -0.05) is 0 Å². The summed E-state index contributed by atoms with van der Waals surface area (Å²) in [6.45, 7) is 1.94. The van der Waals surface area contributed by atoms with Gasteiger partial charge in [0.15, 0.2) is 5.69 Å². The summed E-state index contributed by atoms with van der Waals surface area (Å²) in [5.41, 5.74) is 1.29. The first-order valence-corrected chi connectivity index (χ1v) is 9.28. The summed E-state index contributed by atoms with van der Waals surface area (Å²) < 4.78 is 19.5. The summed E-state index contributed by atoms with van der Waals surface area (Å²) in [7, 11) is 0. The first-order chi connectivity index (χ1) is 13.0. The van der Waals surface area contributed by atoms with Gasteiger partial charge in [0.1, 0.15) is 17.5 Å². The fraction of sp³-hybridized carbons (Fsp3) is 0.176. The predicted octanol–water partition coefficient (Wildman–Crippen LogP) is 3.49. The third kappa shape index (κ3) is 4.32. The Morgan fingerprint density at radius 1 is 1.33 bits per heavy atom. The number of nitrogens with zero attached hydrogens (tertiary/aromatic N) is 3. The van der Waals surface area contributed by atoms with Gasteiger partial charge in [0, 0.05) is 17.0 Å². The monoisotopic (exact) mass is 408 g/mol. The quantitative estimate of drug-likeness (QED) is 0.498. The van der Waals surface area contributed by atoms with Gasteiger partial charge in [0.25, 0.3) is 0 Å². The molecule has 0 spiro atoms. The molecular weight excluding hydrogens is 395 g/mol. The lowest BCUT2D eigenvalue weighted by Crippen LogP contribution is -2.16. The molecule has 2 heterocycles. The third-order valence-corrected chi connectivity index (χ3v) is 4.45. The number of benzene rings is 1. The molecule has 2 aromatic heterocycles. The molecular formula is C17H14ClFN4O3S. The van der Waals surface area contributed by atoms with Crippen LogP contribution in [0, 0.1) is 5.82 Å². The molecule has 0 radical (unpaired) electrons. The van der Waals surface area contributed by atoms with E-state index >= 15 is 0 Å².